The molecule has 0 radical (unpaired) electrons. The molecule has 2 fully saturated rings. The molecule has 1 saturated carbocycles. The molecule has 1 heterocycles. The molecule has 198 valence electrons. The number of methoxy groups -OCH3 is 2. The molecular weight excluding hydrogens is 473 g/mol. The van der Waals surface area contributed by atoms with Crippen molar-refractivity contribution in [2.75, 3.05) is 40.5 Å². The second-order valence-electron chi connectivity index (χ2n) is 10.1. The number of carbonyl (C=O) groups excluding carboxylic acids is 1. The maximum absolute atomic E-state index is 15.1. The first-order valence-corrected chi connectivity index (χ1v) is 13.1. The van der Waals surface area contributed by atoms with Crippen LogP contribution in [0.3, 0.4) is 0 Å². The zero-order valence-corrected chi connectivity index (χ0v) is 21.7. The number of hydrogen-bond acceptors (Lipinski definition) is 5. The van der Waals surface area contributed by atoms with Gasteiger partial charge in [0, 0.05) is 58.0 Å². The van der Waals surface area contributed by atoms with Gasteiger partial charge in [-0.25, -0.2) is 9.18 Å². The van der Waals surface area contributed by atoms with Crippen LogP contribution in [0.4, 0.5) is 9.18 Å². The summed E-state index contributed by atoms with van der Waals surface area (Å²) >= 11 is 6.07. The first kappa shape index (κ1) is 28.1. The summed E-state index contributed by atoms with van der Waals surface area (Å²) in [4.78, 5) is 14.9. The molecule has 0 aromatic heterocycles. The summed E-state index contributed by atoms with van der Waals surface area (Å²) in [7, 11) is 3.36. The highest BCUT2D eigenvalue weighted by molar-refractivity contribution is 6.30. The molecule has 3 rings (SSSR count). The van der Waals surface area contributed by atoms with Crippen LogP contribution in [0.25, 0.3) is 0 Å². The molecule has 0 spiro atoms. The summed E-state index contributed by atoms with van der Waals surface area (Å²) in [6, 6.07) is 4.46. The SMILES string of the molecule is COCCCCC(O)(c1cccc(Cl)c1F)C1CCCN(C(=O)NC(CN)CC2CC(OC)C2)C1. The van der Waals surface area contributed by atoms with E-state index in [9.17, 15) is 9.90 Å². The van der Waals surface area contributed by atoms with E-state index in [2.05, 4.69) is 5.32 Å². The van der Waals surface area contributed by atoms with Gasteiger partial charge in [-0.1, -0.05) is 23.7 Å². The Balaban J connectivity index is 1.69. The fourth-order valence-corrected chi connectivity index (χ4v) is 5.71. The minimum Gasteiger partial charge on any atom is -0.385 e. The number of piperidine rings is 1. The van der Waals surface area contributed by atoms with Gasteiger partial charge in [0.1, 0.15) is 5.82 Å². The topological polar surface area (TPSA) is 97.1 Å². The minimum atomic E-state index is -1.43. The lowest BCUT2D eigenvalue weighted by molar-refractivity contribution is -0.0588. The van der Waals surface area contributed by atoms with E-state index < -0.39 is 11.4 Å². The largest absolute Gasteiger partial charge is 0.385 e. The lowest BCUT2D eigenvalue weighted by Crippen LogP contribution is -2.54. The maximum atomic E-state index is 15.1. The monoisotopic (exact) mass is 513 g/mol. The number of halogens is 2. The molecule has 7 nitrogen and oxygen atoms in total. The van der Waals surface area contributed by atoms with Gasteiger partial charge in [0.2, 0.25) is 0 Å². The molecule has 1 aromatic carbocycles. The third-order valence-corrected chi connectivity index (χ3v) is 8.01. The van der Waals surface area contributed by atoms with Gasteiger partial charge in [-0.15, -0.1) is 0 Å². The number of benzene rings is 1. The number of aliphatic hydroxyl groups is 1. The van der Waals surface area contributed by atoms with Gasteiger partial charge in [-0.3, -0.25) is 0 Å². The van der Waals surface area contributed by atoms with Gasteiger partial charge in [-0.05, 0) is 63.4 Å². The molecule has 1 aromatic rings. The van der Waals surface area contributed by atoms with Gasteiger partial charge in [0.15, 0.2) is 0 Å². The van der Waals surface area contributed by atoms with Crippen molar-refractivity contribution >= 4 is 17.6 Å². The van der Waals surface area contributed by atoms with Crippen molar-refractivity contribution in [2.24, 2.45) is 17.6 Å². The Labute approximate surface area is 213 Å². The number of urea groups is 1. The van der Waals surface area contributed by atoms with Crippen molar-refractivity contribution in [3.8, 4) is 0 Å². The van der Waals surface area contributed by atoms with E-state index in [0.29, 0.717) is 57.5 Å². The quantitative estimate of drug-likeness (QED) is 0.366. The summed E-state index contributed by atoms with van der Waals surface area (Å²) in [5.41, 5.74) is 4.73. The van der Waals surface area contributed by atoms with Crippen LogP contribution in [0.2, 0.25) is 5.02 Å². The van der Waals surface area contributed by atoms with Crippen LogP contribution < -0.4 is 11.1 Å². The molecule has 9 heteroatoms. The number of hydrogen-bond donors (Lipinski definition) is 3. The zero-order chi connectivity index (χ0) is 25.4. The number of unbranched alkanes of at least 4 members (excludes halogenated alkanes) is 1. The van der Waals surface area contributed by atoms with Crippen molar-refractivity contribution in [1.29, 1.82) is 0 Å². The second kappa shape index (κ2) is 13.2. The Morgan fingerprint density at radius 2 is 2.14 bits per heavy atom. The highest BCUT2D eigenvalue weighted by Crippen LogP contribution is 2.42. The molecule has 3 unspecified atom stereocenters. The molecule has 0 bridgehead atoms. The predicted molar refractivity (Wildman–Crippen MR) is 135 cm³/mol. The molecule has 2 amide bonds. The number of likely N-dealkylation sites (tertiary alicyclic amines) is 1. The number of carbonyl (C=O) groups is 1. The van der Waals surface area contributed by atoms with E-state index in [4.69, 9.17) is 26.8 Å². The van der Waals surface area contributed by atoms with Gasteiger partial charge in [0.25, 0.3) is 0 Å². The van der Waals surface area contributed by atoms with Crippen molar-refractivity contribution in [3.63, 3.8) is 0 Å². The number of nitrogens with two attached hydrogens (primary N) is 1. The molecule has 2 aliphatic rings. The van der Waals surface area contributed by atoms with Crippen LogP contribution in [-0.2, 0) is 15.1 Å². The van der Waals surface area contributed by atoms with Crippen molar-refractivity contribution < 1.29 is 23.8 Å². The predicted octanol–water partition coefficient (Wildman–Crippen LogP) is 4.05. The van der Waals surface area contributed by atoms with E-state index >= 15 is 4.39 Å². The molecular formula is C26H41ClFN3O4. The number of rotatable bonds is 12. The molecule has 1 aliphatic carbocycles. The number of nitrogens with one attached hydrogen (secondary N) is 1. The lowest BCUT2D eigenvalue weighted by atomic mass is 9.74. The number of nitrogens with zero attached hydrogens (tertiary/aromatic N) is 1. The summed E-state index contributed by atoms with van der Waals surface area (Å²) < 4.78 is 25.6. The van der Waals surface area contributed by atoms with E-state index in [0.717, 1.165) is 32.1 Å². The Kier molecular flexibility index (Phi) is 10.6. The van der Waals surface area contributed by atoms with Crippen molar-refractivity contribution in [2.45, 2.75) is 69.1 Å². The Bertz CT molecular complexity index is 826. The van der Waals surface area contributed by atoms with Crippen LogP contribution in [-0.4, -0.2) is 68.6 Å². The van der Waals surface area contributed by atoms with Crippen LogP contribution >= 0.6 is 11.6 Å². The minimum absolute atomic E-state index is 0.0132. The van der Waals surface area contributed by atoms with Crippen LogP contribution in [0, 0.1) is 17.7 Å². The number of amides is 2. The van der Waals surface area contributed by atoms with Gasteiger partial charge in [-0.2, -0.15) is 0 Å². The van der Waals surface area contributed by atoms with Crippen molar-refractivity contribution in [3.05, 3.63) is 34.6 Å². The van der Waals surface area contributed by atoms with Crippen LogP contribution in [0.15, 0.2) is 18.2 Å². The third kappa shape index (κ3) is 7.07. The summed E-state index contributed by atoms with van der Waals surface area (Å²) in [5.74, 6) is -0.406. The average molecular weight is 514 g/mol. The average Bonchev–Trinajstić information content (AvgIpc) is 2.84. The van der Waals surface area contributed by atoms with Gasteiger partial charge < -0.3 is 30.5 Å². The van der Waals surface area contributed by atoms with Crippen LogP contribution in [0.5, 0.6) is 0 Å². The Morgan fingerprint density at radius 3 is 2.83 bits per heavy atom. The first-order chi connectivity index (χ1) is 16.8. The summed E-state index contributed by atoms with van der Waals surface area (Å²) in [6.45, 7) is 1.87. The summed E-state index contributed by atoms with van der Waals surface area (Å²) in [5, 5.41) is 15.0. The molecule has 4 N–H and O–H groups in total. The Morgan fingerprint density at radius 1 is 1.37 bits per heavy atom. The lowest BCUT2D eigenvalue weighted by Gasteiger charge is -2.43. The normalized spacial score (nSPS) is 25.0. The highest BCUT2D eigenvalue weighted by atomic mass is 35.5. The fraction of sp³-hybridized carbons (Fsp3) is 0.731. The first-order valence-electron chi connectivity index (χ1n) is 12.8. The molecule has 35 heavy (non-hydrogen) atoms. The highest BCUT2D eigenvalue weighted by Gasteiger charge is 2.43. The van der Waals surface area contributed by atoms with Crippen molar-refractivity contribution in [1.82, 2.24) is 10.2 Å². The van der Waals surface area contributed by atoms with Gasteiger partial charge >= 0.3 is 6.03 Å². The molecule has 1 saturated heterocycles. The summed E-state index contributed by atoms with van der Waals surface area (Å²) in [6.07, 6.45) is 6.33. The van der Waals surface area contributed by atoms with E-state index in [-0.39, 0.29) is 28.6 Å². The maximum Gasteiger partial charge on any atom is 0.317 e. The Hall–Kier alpha value is -1.45. The standard InChI is InChI=1S/C26H41ClFN3O4/c1-34-12-4-3-10-26(33,22-8-5-9-23(27)24(22)28)19-7-6-11-31(17-19)25(32)30-20(16-29)13-18-14-21(15-18)35-2/h5,8-9,18-21,33H,3-4,6-7,10-17,29H2,1-2H3,(H,30,32). The second-order valence-corrected chi connectivity index (χ2v) is 10.5. The zero-order valence-electron chi connectivity index (χ0n) is 21.0. The van der Waals surface area contributed by atoms with Gasteiger partial charge in [0.05, 0.1) is 16.7 Å². The van der Waals surface area contributed by atoms with E-state index in [1.54, 1.807) is 31.3 Å². The van der Waals surface area contributed by atoms with E-state index in [1.165, 1.54) is 6.07 Å². The molecule has 3 atom stereocenters. The molecule has 1 aliphatic heterocycles. The van der Waals surface area contributed by atoms with E-state index in [1.807, 2.05) is 0 Å². The number of ether oxygens (including phenoxy) is 2. The fourth-order valence-electron chi connectivity index (χ4n) is 5.53. The smallest absolute Gasteiger partial charge is 0.317 e. The van der Waals surface area contributed by atoms with Crippen LogP contribution in [0.1, 0.15) is 56.9 Å². The third-order valence-electron chi connectivity index (χ3n) is 7.71.